The maximum Gasteiger partial charge on any atom is 0.161 e. The van der Waals surface area contributed by atoms with Crippen LogP contribution < -0.4 is 19.7 Å². The molecule has 0 saturated carbocycles. The van der Waals surface area contributed by atoms with Crippen LogP contribution in [-0.4, -0.2) is 55.1 Å². The molecule has 0 aliphatic carbocycles. The van der Waals surface area contributed by atoms with E-state index in [2.05, 4.69) is 15.2 Å². The van der Waals surface area contributed by atoms with Crippen LogP contribution in [0.3, 0.4) is 0 Å². The molecule has 1 N–H and O–H groups in total. The molecule has 4 aromatic rings. The summed E-state index contributed by atoms with van der Waals surface area (Å²) in [5.41, 5.74) is 3.71. The number of hydrogen-bond acceptors (Lipinski definition) is 7. The molecule has 1 saturated heterocycles. The summed E-state index contributed by atoms with van der Waals surface area (Å²) in [5, 5.41) is 8.00. The van der Waals surface area contributed by atoms with Gasteiger partial charge in [-0.2, -0.15) is 9.61 Å². The summed E-state index contributed by atoms with van der Waals surface area (Å²) in [6.45, 7) is 2.73. The van der Waals surface area contributed by atoms with Crippen LogP contribution in [0.25, 0.3) is 16.9 Å². The van der Waals surface area contributed by atoms with E-state index in [4.69, 9.17) is 19.3 Å². The van der Waals surface area contributed by atoms with Crippen molar-refractivity contribution in [2.45, 2.75) is 0 Å². The molecule has 1 aliphatic rings. The van der Waals surface area contributed by atoms with Gasteiger partial charge in [0.1, 0.15) is 5.82 Å². The number of rotatable bonds is 6. The van der Waals surface area contributed by atoms with Crippen molar-refractivity contribution in [3.8, 4) is 22.8 Å². The highest BCUT2D eigenvalue weighted by atomic mass is 19.1. The minimum absolute atomic E-state index is 0.311. The normalized spacial score (nSPS) is 13.8. The van der Waals surface area contributed by atoms with Crippen molar-refractivity contribution >= 4 is 22.8 Å². The van der Waals surface area contributed by atoms with Crippen LogP contribution in [0.1, 0.15) is 0 Å². The maximum atomic E-state index is 14.4. The molecule has 0 spiro atoms. The molecule has 0 atom stereocenters. The Morgan fingerprint density at radius 2 is 1.79 bits per heavy atom. The van der Waals surface area contributed by atoms with E-state index in [-0.39, 0.29) is 5.82 Å². The van der Waals surface area contributed by atoms with E-state index in [1.54, 1.807) is 31.0 Å². The van der Waals surface area contributed by atoms with E-state index in [0.29, 0.717) is 41.9 Å². The number of benzene rings is 2. The van der Waals surface area contributed by atoms with Crippen LogP contribution in [0.5, 0.6) is 11.5 Å². The number of hydrogen-bond donors (Lipinski definition) is 1. The predicted octanol–water partition coefficient (Wildman–Crippen LogP) is 4.13. The molecule has 33 heavy (non-hydrogen) atoms. The van der Waals surface area contributed by atoms with Crippen molar-refractivity contribution in [2.24, 2.45) is 0 Å². The fourth-order valence-electron chi connectivity index (χ4n) is 3.91. The van der Waals surface area contributed by atoms with Gasteiger partial charge in [-0.1, -0.05) is 0 Å². The first-order chi connectivity index (χ1) is 16.1. The van der Waals surface area contributed by atoms with Gasteiger partial charge in [0.2, 0.25) is 0 Å². The highest BCUT2D eigenvalue weighted by molar-refractivity contribution is 5.68. The van der Waals surface area contributed by atoms with Gasteiger partial charge in [0.05, 0.1) is 39.3 Å². The smallest absolute Gasteiger partial charge is 0.161 e. The largest absolute Gasteiger partial charge is 0.493 e. The third kappa shape index (κ3) is 4.27. The minimum atomic E-state index is -0.311. The molecule has 5 rings (SSSR count). The molecule has 2 aromatic heterocycles. The number of ether oxygens (including phenoxy) is 3. The standard InChI is InChI=1S/C24H24FN5O3/c1-31-21-5-3-16(11-22(21)32-2)20-4-6-23-26-15-24(30(23)28-20)27-18-12-17(25)13-19(14-18)29-7-9-33-10-8-29/h3-6,11-15,27H,7-10H2,1-2H3. The Morgan fingerprint density at radius 3 is 2.58 bits per heavy atom. The fraction of sp³-hybridized carbons (Fsp3) is 0.250. The summed E-state index contributed by atoms with van der Waals surface area (Å²) in [7, 11) is 3.20. The molecule has 0 bridgehead atoms. The van der Waals surface area contributed by atoms with Crippen LogP contribution in [0, 0.1) is 5.82 Å². The van der Waals surface area contributed by atoms with Crippen LogP contribution in [-0.2, 0) is 4.74 Å². The van der Waals surface area contributed by atoms with Gasteiger partial charge < -0.3 is 24.4 Å². The molecule has 0 radical (unpaired) electrons. The van der Waals surface area contributed by atoms with E-state index in [1.807, 2.05) is 36.4 Å². The number of morpholine rings is 1. The van der Waals surface area contributed by atoms with Crippen molar-refractivity contribution in [2.75, 3.05) is 50.7 Å². The number of anilines is 3. The van der Waals surface area contributed by atoms with Gasteiger partial charge in [-0.3, -0.25) is 0 Å². The van der Waals surface area contributed by atoms with Gasteiger partial charge >= 0.3 is 0 Å². The Balaban J connectivity index is 1.47. The fourth-order valence-corrected chi connectivity index (χ4v) is 3.91. The average Bonchev–Trinajstić information content (AvgIpc) is 3.25. The second-order valence-electron chi connectivity index (χ2n) is 7.62. The third-order valence-electron chi connectivity index (χ3n) is 5.57. The molecular formula is C24H24FN5O3. The number of aromatic nitrogens is 3. The zero-order chi connectivity index (χ0) is 22.8. The first-order valence-corrected chi connectivity index (χ1v) is 10.6. The second-order valence-corrected chi connectivity index (χ2v) is 7.62. The molecule has 1 aliphatic heterocycles. The summed E-state index contributed by atoms with van der Waals surface area (Å²) in [4.78, 5) is 6.53. The van der Waals surface area contributed by atoms with Crippen molar-refractivity contribution in [3.05, 3.63) is 60.5 Å². The Bertz CT molecular complexity index is 1290. The van der Waals surface area contributed by atoms with Crippen molar-refractivity contribution < 1.29 is 18.6 Å². The van der Waals surface area contributed by atoms with Gasteiger partial charge in [-0.05, 0) is 48.5 Å². The van der Waals surface area contributed by atoms with Gasteiger partial charge in [0.15, 0.2) is 23.0 Å². The topological polar surface area (TPSA) is 73.2 Å². The number of methoxy groups -OCH3 is 2. The van der Waals surface area contributed by atoms with E-state index in [9.17, 15) is 4.39 Å². The number of nitrogens with one attached hydrogen (secondary N) is 1. The predicted molar refractivity (Wildman–Crippen MR) is 124 cm³/mol. The van der Waals surface area contributed by atoms with Crippen molar-refractivity contribution in [1.82, 2.24) is 14.6 Å². The number of halogens is 1. The first-order valence-electron chi connectivity index (χ1n) is 10.6. The van der Waals surface area contributed by atoms with E-state index in [0.717, 1.165) is 30.0 Å². The summed E-state index contributed by atoms with van der Waals surface area (Å²) < 4.78 is 32.2. The van der Waals surface area contributed by atoms with Crippen LogP contribution in [0.15, 0.2) is 54.7 Å². The van der Waals surface area contributed by atoms with Crippen LogP contribution in [0.2, 0.25) is 0 Å². The van der Waals surface area contributed by atoms with E-state index < -0.39 is 0 Å². The molecule has 170 valence electrons. The molecule has 1 fully saturated rings. The lowest BCUT2D eigenvalue weighted by molar-refractivity contribution is 0.122. The van der Waals surface area contributed by atoms with Crippen LogP contribution >= 0.6 is 0 Å². The Hall–Kier alpha value is -3.85. The number of imidazole rings is 1. The first kappa shape index (κ1) is 21.0. The Morgan fingerprint density at radius 1 is 0.970 bits per heavy atom. The number of nitrogens with zero attached hydrogens (tertiary/aromatic N) is 4. The molecule has 2 aromatic carbocycles. The minimum Gasteiger partial charge on any atom is -0.493 e. The van der Waals surface area contributed by atoms with Gasteiger partial charge in [0, 0.05) is 30.0 Å². The van der Waals surface area contributed by atoms with E-state index in [1.165, 1.54) is 6.07 Å². The SMILES string of the molecule is COc1ccc(-c2ccc3ncc(Nc4cc(F)cc(N5CCOCC5)c4)n3n2)cc1OC. The molecule has 0 amide bonds. The summed E-state index contributed by atoms with van der Waals surface area (Å²) in [6, 6.07) is 14.3. The quantitative estimate of drug-likeness (QED) is 0.474. The number of fused-ring (bicyclic) bond motifs is 1. The Kier molecular flexibility index (Phi) is 5.70. The highest BCUT2D eigenvalue weighted by Crippen LogP contribution is 2.32. The lowest BCUT2D eigenvalue weighted by Gasteiger charge is -2.29. The summed E-state index contributed by atoms with van der Waals surface area (Å²) >= 11 is 0. The summed E-state index contributed by atoms with van der Waals surface area (Å²) in [5.74, 6) is 1.59. The highest BCUT2D eigenvalue weighted by Gasteiger charge is 2.15. The van der Waals surface area contributed by atoms with E-state index >= 15 is 0 Å². The monoisotopic (exact) mass is 449 g/mol. The lowest BCUT2D eigenvalue weighted by Crippen LogP contribution is -2.36. The van der Waals surface area contributed by atoms with Crippen molar-refractivity contribution in [1.29, 1.82) is 0 Å². The molecule has 3 heterocycles. The second kappa shape index (κ2) is 8.95. The summed E-state index contributed by atoms with van der Waals surface area (Å²) in [6.07, 6.45) is 1.68. The molecule has 0 unspecified atom stereocenters. The molecule has 9 heteroatoms. The van der Waals surface area contributed by atoms with Crippen LogP contribution in [0.4, 0.5) is 21.6 Å². The zero-order valence-corrected chi connectivity index (χ0v) is 18.4. The average molecular weight is 449 g/mol. The third-order valence-corrected chi connectivity index (χ3v) is 5.57. The zero-order valence-electron chi connectivity index (χ0n) is 18.4. The maximum absolute atomic E-state index is 14.4. The molecular weight excluding hydrogens is 425 g/mol. The molecule has 8 nitrogen and oxygen atoms in total. The Labute approximate surface area is 190 Å². The van der Waals surface area contributed by atoms with Crippen molar-refractivity contribution in [3.63, 3.8) is 0 Å². The van der Waals surface area contributed by atoms with Gasteiger partial charge in [-0.15, -0.1) is 0 Å². The lowest BCUT2D eigenvalue weighted by atomic mass is 10.1. The van der Waals surface area contributed by atoms with Gasteiger partial charge in [-0.25, -0.2) is 9.37 Å². The van der Waals surface area contributed by atoms with Gasteiger partial charge in [0.25, 0.3) is 0 Å².